The van der Waals surface area contributed by atoms with Gasteiger partial charge >= 0.3 is 0 Å². The molecule has 3 aliphatic rings. The number of para-hydroxylation sites is 1. The lowest BCUT2D eigenvalue weighted by Gasteiger charge is -2.36. The van der Waals surface area contributed by atoms with Crippen LogP contribution in [-0.4, -0.2) is 34.2 Å². The van der Waals surface area contributed by atoms with Gasteiger partial charge < -0.3 is 5.32 Å². The molecule has 160 valence electrons. The lowest BCUT2D eigenvalue weighted by molar-refractivity contribution is -0.127. The molecule has 0 saturated carbocycles. The van der Waals surface area contributed by atoms with E-state index in [0.29, 0.717) is 10.7 Å². The van der Waals surface area contributed by atoms with Crippen molar-refractivity contribution >= 4 is 29.0 Å². The molecule has 0 unspecified atom stereocenters. The zero-order chi connectivity index (χ0) is 21.9. The summed E-state index contributed by atoms with van der Waals surface area (Å²) >= 11 is 6.18. The van der Waals surface area contributed by atoms with Gasteiger partial charge in [-0.1, -0.05) is 48.0 Å². The van der Waals surface area contributed by atoms with E-state index in [1.807, 2.05) is 54.6 Å². The molecule has 0 radical (unpaired) electrons. The van der Waals surface area contributed by atoms with Crippen molar-refractivity contribution in [3.05, 3.63) is 94.8 Å². The Morgan fingerprint density at radius 1 is 1.06 bits per heavy atom. The van der Waals surface area contributed by atoms with E-state index in [-0.39, 0.29) is 23.7 Å². The van der Waals surface area contributed by atoms with Crippen LogP contribution in [0, 0.1) is 5.92 Å². The summed E-state index contributed by atoms with van der Waals surface area (Å²) in [6, 6.07) is 21.0. The van der Waals surface area contributed by atoms with Crippen molar-refractivity contribution in [1.29, 1.82) is 0 Å². The third-order valence-electron chi connectivity index (χ3n) is 7.36. The average Bonchev–Trinajstić information content (AvgIpc) is 3.48. The Balaban J connectivity index is 1.62. The predicted octanol–water partition coefficient (Wildman–Crippen LogP) is 4.64. The second-order valence-corrected chi connectivity index (χ2v) is 9.24. The quantitative estimate of drug-likeness (QED) is 0.599. The van der Waals surface area contributed by atoms with Crippen LogP contribution in [0.4, 0.5) is 5.69 Å². The molecular formula is C26H22ClN3O2. The Hall–Kier alpha value is -3.02. The monoisotopic (exact) mass is 443 g/mol. The minimum atomic E-state index is -1.04. The molecule has 3 aromatic rings. The number of pyridine rings is 1. The number of nitrogens with zero attached hydrogens (tertiary/aromatic N) is 2. The van der Waals surface area contributed by atoms with Crippen molar-refractivity contribution in [2.75, 3.05) is 11.9 Å². The SMILES string of the molecule is O=C(c1ccccn1)[C@@H]1[C@H](c2ccc(Cl)cc2)[C@@H]2CCCN2[C@]12C(=O)Nc1ccccc12. The van der Waals surface area contributed by atoms with E-state index in [2.05, 4.69) is 15.2 Å². The van der Waals surface area contributed by atoms with Gasteiger partial charge in [-0.3, -0.25) is 19.5 Å². The largest absolute Gasteiger partial charge is 0.324 e. The Morgan fingerprint density at radius 2 is 1.84 bits per heavy atom. The van der Waals surface area contributed by atoms with Crippen LogP contribution in [0.3, 0.4) is 0 Å². The van der Waals surface area contributed by atoms with Gasteiger partial charge in [-0.25, -0.2) is 0 Å². The van der Waals surface area contributed by atoms with Gasteiger partial charge in [-0.15, -0.1) is 0 Å². The Bertz CT molecular complexity index is 1210. The molecule has 5 nitrogen and oxygen atoms in total. The van der Waals surface area contributed by atoms with Gasteiger partial charge in [0.15, 0.2) is 5.78 Å². The van der Waals surface area contributed by atoms with Crippen LogP contribution in [-0.2, 0) is 10.3 Å². The number of halogens is 1. The van der Waals surface area contributed by atoms with Crippen molar-refractivity contribution in [3.63, 3.8) is 0 Å². The lowest BCUT2D eigenvalue weighted by atomic mass is 9.69. The molecule has 4 heterocycles. The number of anilines is 1. The van der Waals surface area contributed by atoms with Crippen LogP contribution >= 0.6 is 11.6 Å². The molecule has 0 aliphatic carbocycles. The van der Waals surface area contributed by atoms with Gasteiger partial charge in [0.1, 0.15) is 11.2 Å². The van der Waals surface area contributed by atoms with E-state index in [1.165, 1.54) is 0 Å². The third-order valence-corrected chi connectivity index (χ3v) is 7.61. The highest BCUT2D eigenvalue weighted by molar-refractivity contribution is 6.30. The molecule has 1 spiro atoms. The first kappa shape index (κ1) is 19.6. The van der Waals surface area contributed by atoms with Crippen LogP contribution in [0.1, 0.15) is 40.4 Å². The zero-order valence-electron chi connectivity index (χ0n) is 17.4. The number of carbonyl (C=O) groups is 2. The van der Waals surface area contributed by atoms with Crippen LogP contribution in [0.25, 0.3) is 0 Å². The molecule has 2 aromatic carbocycles. The summed E-state index contributed by atoms with van der Waals surface area (Å²) < 4.78 is 0. The van der Waals surface area contributed by atoms with Crippen LogP contribution in [0.2, 0.25) is 5.02 Å². The highest BCUT2D eigenvalue weighted by atomic mass is 35.5. The summed E-state index contributed by atoms with van der Waals surface area (Å²) in [7, 11) is 0. The highest BCUT2D eigenvalue weighted by Gasteiger charge is 2.69. The molecule has 2 fully saturated rings. The van der Waals surface area contributed by atoms with Crippen LogP contribution < -0.4 is 5.32 Å². The van der Waals surface area contributed by atoms with Crippen LogP contribution in [0.15, 0.2) is 72.9 Å². The molecular weight excluding hydrogens is 422 g/mol. The first-order valence-electron chi connectivity index (χ1n) is 11.0. The number of amides is 1. The van der Waals surface area contributed by atoms with Crippen LogP contribution in [0.5, 0.6) is 0 Å². The standard InChI is InChI=1S/C26H22ClN3O2/c27-17-12-10-16(11-13-17)22-21-9-5-15-30(21)26(18-6-1-2-7-19(18)29-25(26)32)23(22)24(31)20-8-3-4-14-28-20/h1-4,6-8,10-14,21-23H,5,9,15H2,(H,29,32)/t21-,22+,23-,26-/m0/s1. The highest BCUT2D eigenvalue weighted by Crippen LogP contribution is 2.61. The van der Waals surface area contributed by atoms with Crippen molar-refractivity contribution in [1.82, 2.24) is 9.88 Å². The lowest BCUT2D eigenvalue weighted by Crippen LogP contribution is -2.53. The number of rotatable bonds is 3. The predicted molar refractivity (Wildman–Crippen MR) is 123 cm³/mol. The maximum absolute atomic E-state index is 14.2. The number of hydrogen-bond donors (Lipinski definition) is 1. The van der Waals surface area contributed by atoms with Gasteiger partial charge in [-0.2, -0.15) is 0 Å². The number of carbonyl (C=O) groups excluding carboxylic acids is 2. The fourth-order valence-electron chi connectivity index (χ4n) is 6.24. The number of fused-ring (bicyclic) bond motifs is 4. The minimum absolute atomic E-state index is 0.0887. The topological polar surface area (TPSA) is 62.3 Å². The van der Waals surface area contributed by atoms with E-state index in [0.717, 1.165) is 36.2 Å². The van der Waals surface area contributed by atoms with Gasteiger partial charge in [-0.05, 0) is 55.3 Å². The summed E-state index contributed by atoms with van der Waals surface area (Å²) in [4.78, 5) is 34.6. The Morgan fingerprint density at radius 3 is 2.62 bits per heavy atom. The fourth-order valence-corrected chi connectivity index (χ4v) is 6.37. The fraction of sp³-hybridized carbons (Fsp3) is 0.269. The number of benzene rings is 2. The first-order chi connectivity index (χ1) is 15.6. The summed E-state index contributed by atoms with van der Waals surface area (Å²) in [6.45, 7) is 0.780. The van der Waals surface area contributed by atoms with Crippen molar-refractivity contribution in [3.8, 4) is 0 Å². The number of ketones is 1. The maximum atomic E-state index is 14.2. The number of hydrogen-bond acceptors (Lipinski definition) is 4. The van der Waals surface area contributed by atoms with E-state index in [1.54, 1.807) is 18.3 Å². The zero-order valence-corrected chi connectivity index (χ0v) is 18.1. The molecule has 2 saturated heterocycles. The number of nitrogens with one attached hydrogen (secondary N) is 1. The average molecular weight is 444 g/mol. The molecule has 1 N–H and O–H groups in total. The molecule has 4 atom stereocenters. The van der Waals surface area contributed by atoms with Crippen molar-refractivity contribution in [2.24, 2.45) is 5.92 Å². The van der Waals surface area contributed by atoms with Crippen molar-refractivity contribution < 1.29 is 9.59 Å². The van der Waals surface area contributed by atoms with E-state index in [9.17, 15) is 9.59 Å². The molecule has 32 heavy (non-hydrogen) atoms. The van der Waals surface area contributed by atoms with Gasteiger partial charge in [0, 0.05) is 34.4 Å². The first-order valence-corrected chi connectivity index (χ1v) is 11.4. The number of Topliss-reactive ketones (excluding diaryl/α,β-unsaturated/α-hetero) is 1. The van der Waals surface area contributed by atoms with E-state index >= 15 is 0 Å². The van der Waals surface area contributed by atoms with E-state index < -0.39 is 11.5 Å². The summed E-state index contributed by atoms with van der Waals surface area (Å²) in [6.07, 6.45) is 3.57. The molecule has 1 aromatic heterocycles. The van der Waals surface area contributed by atoms with Gasteiger partial charge in [0.25, 0.3) is 0 Å². The molecule has 0 bridgehead atoms. The normalized spacial score (nSPS) is 28.5. The summed E-state index contributed by atoms with van der Waals surface area (Å²) in [5.41, 5.74) is 2.07. The molecule has 6 rings (SSSR count). The second kappa shape index (κ2) is 7.26. The molecule has 6 heteroatoms. The Labute approximate surface area is 191 Å². The Kier molecular flexibility index (Phi) is 4.46. The second-order valence-electron chi connectivity index (χ2n) is 8.80. The van der Waals surface area contributed by atoms with Gasteiger partial charge in [0.05, 0.1) is 5.92 Å². The summed E-state index contributed by atoms with van der Waals surface area (Å²) in [5.74, 6) is -0.933. The molecule has 1 amide bonds. The minimum Gasteiger partial charge on any atom is -0.324 e. The molecule has 3 aliphatic heterocycles. The van der Waals surface area contributed by atoms with Crippen molar-refractivity contribution in [2.45, 2.75) is 30.3 Å². The third kappa shape index (κ3) is 2.58. The smallest absolute Gasteiger partial charge is 0.250 e. The number of aromatic nitrogens is 1. The summed E-state index contributed by atoms with van der Waals surface area (Å²) in [5, 5.41) is 3.74. The maximum Gasteiger partial charge on any atom is 0.250 e. The van der Waals surface area contributed by atoms with E-state index in [4.69, 9.17) is 11.6 Å². The van der Waals surface area contributed by atoms with Gasteiger partial charge in [0.2, 0.25) is 5.91 Å².